The number of hydrazine groups is 1. The van der Waals surface area contributed by atoms with Crippen LogP contribution in [-0.2, 0) is 6.18 Å². The van der Waals surface area contributed by atoms with Gasteiger partial charge in [-0.1, -0.05) is 18.2 Å². The zero-order valence-electron chi connectivity index (χ0n) is 10.5. The number of hydrogen-bond donors (Lipinski definition) is 2. The maximum atomic E-state index is 13.0. The Labute approximate surface area is 117 Å². The van der Waals surface area contributed by atoms with Crippen molar-refractivity contribution in [2.45, 2.75) is 6.18 Å². The molecule has 2 aromatic rings. The fourth-order valence-corrected chi connectivity index (χ4v) is 1.67. The lowest BCUT2D eigenvalue weighted by Crippen LogP contribution is -2.30. The Kier molecular flexibility index (Phi) is 4.11. The van der Waals surface area contributed by atoms with Crippen molar-refractivity contribution in [1.82, 2.24) is 5.43 Å². The van der Waals surface area contributed by atoms with Gasteiger partial charge < -0.3 is 0 Å². The van der Waals surface area contributed by atoms with Gasteiger partial charge in [0.15, 0.2) is 0 Å². The highest BCUT2D eigenvalue weighted by atomic mass is 19.4. The molecule has 0 saturated carbocycles. The van der Waals surface area contributed by atoms with Crippen molar-refractivity contribution in [3.05, 3.63) is 65.5 Å². The van der Waals surface area contributed by atoms with Gasteiger partial charge in [0.25, 0.3) is 5.91 Å². The SMILES string of the molecule is O=C(NNc1ccccc1C(F)(F)F)c1cccc(F)c1. The highest BCUT2D eigenvalue weighted by molar-refractivity contribution is 5.94. The maximum absolute atomic E-state index is 13.0. The van der Waals surface area contributed by atoms with Crippen molar-refractivity contribution >= 4 is 11.6 Å². The molecular weight excluding hydrogens is 288 g/mol. The van der Waals surface area contributed by atoms with E-state index in [9.17, 15) is 22.4 Å². The number of amides is 1. The predicted molar refractivity (Wildman–Crippen MR) is 68.9 cm³/mol. The number of alkyl halides is 3. The van der Waals surface area contributed by atoms with Crippen molar-refractivity contribution in [1.29, 1.82) is 0 Å². The number of benzene rings is 2. The third-order valence-electron chi connectivity index (χ3n) is 2.63. The number of anilines is 1. The first kappa shape index (κ1) is 14.8. The van der Waals surface area contributed by atoms with Gasteiger partial charge in [0, 0.05) is 5.56 Å². The number of rotatable bonds is 3. The summed E-state index contributed by atoms with van der Waals surface area (Å²) in [5.74, 6) is -1.36. The second kappa shape index (κ2) is 5.82. The van der Waals surface area contributed by atoms with Gasteiger partial charge in [-0.2, -0.15) is 13.2 Å². The Morgan fingerprint density at radius 1 is 1.00 bits per heavy atom. The van der Waals surface area contributed by atoms with Crippen LogP contribution in [0.3, 0.4) is 0 Å². The van der Waals surface area contributed by atoms with Crippen molar-refractivity contribution in [3.8, 4) is 0 Å². The molecule has 2 aromatic carbocycles. The average molecular weight is 298 g/mol. The van der Waals surface area contributed by atoms with Gasteiger partial charge >= 0.3 is 6.18 Å². The summed E-state index contributed by atoms with van der Waals surface area (Å²) in [4.78, 5) is 11.7. The van der Waals surface area contributed by atoms with E-state index in [1.807, 2.05) is 0 Å². The van der Waals surface area contributed by atoms with Gasteiger partial charge in [-0.3, -0.25) is 15.6 Å². The molecule has 2 rings (SSSR count). The molecule has 2 N–H and O–H groups in total. The number of hydrogen-bond acceptors (Lipinski definition) is 2. The smallest absolute Gasteiger partial charge is 0.298 e. The zero-order valence-corrected chi connectivity index (χ0v) is 10.5. The van der Waals surface area contributed by atoms with Crippen molar-refractivity contribution in [3.63, 3.8) is 0 Å². The summed E-state index contributed by atoms with van der Waals surface area (Å²) >= 11 is 0. The summed E-state index contributed by atoms with van der Waals surface area (Å²) in [5.41, 5.74) is 3.08. The quantitative estimate of drug-likeness (QED) is 0.671. The molecule has 3 nitrogen and oxygen atoms in total. The second-order valence-corrected chi connectivity index (χ2v) is 4.13. The van der Waals surface area contributed by atoms with Crippen LogP contribution >= 0.6 is 0 Å². The van der Waals surface area contributed by atoms with Gasteiger partial charge in [-0.25, -0.2) is 4.39 Å². The minimum absolute atomic E-state index is 0.00742. The van der Waals surface area contributed by atoms with Crippen LogP contribution in [0.25, 0.3) is 0 Å². The topological polar surface area (TPSA) is 41.1 Å². The molecule has 0 heterocycles. The monoisotopic (exact) mass is 298 g/mol. The Morgan fingerprint density at radius 3 is 2.38 bits per heavy atom. The molecule has 1 amide bonds. The van der Waals surface area contributed by atoms with Crippen LogP contribution in [0.2, 0.25) is 0 Å². The third-order valence-corrected chi connectivity index (χ3v) is 2.63. The van der Waals surface area contributed by atoms with E-state index in [0.717, 1.165) is 18.2 Å². The predicted octanol–water partition coefficient (Wildman–Crippen LogP) is 3.60. The minimum Gasteiger partial charge on any atom is -0.298 e. The molecule has 0 aromatic heterocycles. The summed E-state index contributed by atoms with van der Waals surface area (Å²) in [6, 6.07) is 9.50. The number of carbonyl (C=O) groups is 1. The highest BCUT2D eigenvalue weighted by Gasteiger charge is 2.33. The Hall–Kier alpha value is -2.57. The molecule has 0 bridgehead atoms. The maximum Gasteiger partial charge on any atom is 0.418 e. The van der Waals surface area contributed by atoms with E-state index in [2.05, 4.69) is 10.9 Å². The third kappa shape index (κ3) is 3.71. The van der Waals surface area contributed by atoms with E-state index >= 15 is 0 Å². The standard InChI is InChI=1S/C14H10F4N2O/c15-10-5-3-4-9(8-10)13(21)20-19-12-7-2-1-6-11(12)14(16,17)18/h1-8,19H,(H,20,21). The first-order valence-electron chi connectivity index (χ1n) is 5.86. The first-order valence-corrected chi connectivity index (χ1v) is 5.86. The van der Waals surface area contributed by atoms with Crippen LogP contribution in [0.1, 0.15) is 15.9 Å². The van der Waals surface area contributed by atoms with E-state index < -0.39 is 23.5 Å². The molecule has 0 spiro atoms. The molecule has 0 saturated heterocycles. The van der Waals surface area contributed by atoms with Gasteiger partial charge in [0.05, 0.1) is 11.3 Å². The number of para-hydroxylation sites is 1. The van der Waals surface area contributed by atoms with Crippen molar-refractivity contribution < 1.29 is 22.4 Å². The van der Waals surface area contributed by atoms with Crippen LogP contribution in [-0.4, -0.2) is 5.91 Å². The van der Waals surface area contributed by atoms with Crippen molar-refractivity contribution in [2.75, 3.05) is 5.43 Å². The van der Waals surface area contributed by atoms with E-state index in [-0.39, 0.29) is 11.3 Å². The molecular formula is C14H10F4N2O. The molecule has 0 aliphatic carbocycles. The zero-order chi connectivity index (χ0) is 15.5. The van der Waals surface area contributed by atoms with Crippen LogP contribution < -0.4 is 10.9 Å². The van der Waals surface area contributed by atoms with Crippen LogP contribution in [0, 0.1) is 5.82 Å². The largest absolute Gasteiger partial charge is 0.418 e. The lowest BCUT2D eigenvalue weighted by atomic mass is 10.2. The van der Waals surface area contributed by atoms with Crippen LogP contribution in [0.4, 0.5) is 23.2 Å². The Balaban J connectivity index is 2.12. The lowest BCUT2D eigenvalue weighted by Gasteiger charge is -2.14. The fourth-order valence-electron chi connectivity index (χ4n) is 1.67. The summed E-state index contributed by atoms with van der Waals surface area (Å²) in [5, 5.41) is 0. The number of carbonyl (C=O) groups excluding carboxylic acids is 1. The Bertz CT molecular complexity index is 655. The number of nitrogens with one attached hydrogen (secondary N) is 2. The molecule has 0 aliphatic heterocycles. The molecule has 0 radical (unpaired) electrons. The molecule has 0 atom stereocenters. The molecule has 7 heteroatoms. The van der Waals surface area contributed by atoms with Gasteiger partial charge in [-0.05, 0) is 30.3 Å². The summed E-state index contributed by atoms with van der Waals surface area (Å²) in [7, 11) is 0. The van der Waals surface area contributed by atoms with Gasteiger partial charge in [-0.15, -0.1) is 0 Å². The fraction of sp³-hybridized carbons (Fsp3) is 0.0714. The minimum atomic E-state index is -4.55. The molecule has 21 heavy (non-hydrogen) atoms. The van der Waals surface area contributed by atoms with E-state index in [0.29, 0.717) is 0 Å². The van der Waals surface area contributed by atoms with Gasteiger partial charge in [0.1, 0.15) is 5.82 Å². The Morgan fingerprint density at radius 2 is 1.71 bits per heavy atom. The van der Waals surface area contributed by atoms with E-state index in [4.69, 9.17) is 0 Å². The summed E-state index contributed by atoms with van der Waals surface area (Å²) in [6.45, 7) is 0. The van der Waals surface area contributed by atoms with E-state index in [1.165, 1.54) is 30.3 Å². The molecule has 110 valence electrons. The average Bonchev–Trinajstić information content (AvgIpc) is 2.44. The summed E-state index contributed by atoms with van der Waals surface area (Å²) < 4.78 is 51.2. The normalized spacial score (nSPS) is 11.0. The van der Waals surface area contributed by atoms with E-state index in [1.54, 1.807) is 0 Å². The van der Waals surface area contributed by atoms with Crippen LogP contribution in [0.15, 0.2) is 48.5 Å². The molecule has 0 fully saturated rings. The number of halogens is 4. The molecule has 0 unspecified atom stereocenters. The first-order chi connectivity index (χ1) is 9.88. The lowest BCUT2D eigenvalue weighted by molar-refractivity contribution is -0.137. The second-order valence-electron chi connectivity index (χ2n) is 4.13. The highest BCUT2D eigenvalue weighted by Crippen LogP contribution is 2.34. The summed E-state index contributed by atoms with van der Waals surface area (Å²) in [6.07, 6.45) is -4.55. The van der Waals surface area contributed by atoms with Crippen molar-refractivity contribution in [2.24, 2.45) is 0 Å². The van der Waals surface area contributed by atoms with Crippen LogP contribution in [0.5, 0.6) is 0 Å². The van der Waals surface area contributed by atoms with Gasteiger partial charge in [0.2, 0.25) is 0 Å². The molecule has 0 aliphatic rings.